The van der Waals surface area contributed by atoms with Crippen LogP contribution in [0.5, 0.6) is 0 Å². The van der Waals surface area contributed by atoms with Gasteiger partial charge >= 0.3 is 12.4 Å². The Kier molecular flexibility index (Phi) is 8.80. The van der Waals surface area contributed by atoms with E-state index in [1.54, 1.807) is 4.90 Å². The summed E-state index contributed by atoms with van der Waals surface area (Å²) in [6, 6.07) is 15.4. The third-order valence-electron chi connectivity index (χ3n) is 7.44. The number of nitrogens with zero attached hydrogens (tertiary/aromatic N) is 2. The van der Waals surface area contributed by atoms with E-state index >= 15 is 0 Å². The molecule has 1 aliphatic rings. The van der Waals surface area contributed by atoms with E-state index in [2.05, 4.69) is 0 Å². The molecule has 0 aliphatic carbocycles. The summed E-state index contributed by atoms with van der Waals surface area (Å²) in [6.07, 6.45) is -9.11. The van der Waals surface area contributed by atoms with Crippen molar-refractivity contribution in [1.82, 2.24) is 9.80 Å². The number of hydrogen-bond acceptors (Lipinski definition) is 2. The summed E-state index contributed by atoms with van der Waals surface area (Å²) in [6.45, 7) is 4.06. The van der Waals surface area contributed by atoms with E-state index in [1.807, 2.05) is 62.4 Å². The van der Waals surface area contributed by atoms with Gasteiger partial charge < -0.3 is 9.80 Å². The molecule has 0 aromatic heterocycles. The minimum atomic E-state index is -5.07. The van der Waals surface area contributed by atoms with Crippen molar-refractivity contribution in [1.29, 1.82) is 0 Å². The normalized spacial score (nSPS) is 16.1. The van der Waals surface area contributed by atoms with Gasteiger partial charge in [-0.15, -0.1) is 0 Å². The Morgan fingerprint density at radius 3 is 2.00 bits per heavy atom. The minimum absolute atomic E-state index is 0.00663. The van der Waals surface area contributed by atoms with Crippen molar-refractivity contribution < 1.29 is 35.9 Å². The summed E-state index contributed by atoms with van der Waals surface area (Å²) >= 11 is 0. The molecule has 1 heterocycles. The van der Waals surface area contributed by atoms with Gasteiger partial charge in [0.1, 0.15) is 0 Å². The fourth-order valence-electron chi connectivity index (χ4n) is 5.02. The van der Waals surface area contributed by atoms with Gasteiger partial charge in [0.15, 0.2) is 0 Å². The number of carbonyl (C=O) groups excluding carboxylic acids is 2. The average Bonchev–Trinajstić information content (AvgIpc) is 2.92. The molecule has 0 bridgehead atoms. The van der Waals surface area contributed by atoms with E-state index in [-0.39, 0.29) is 44.4 Å². The zero-order valence-corrected chi connectivity index (χ0v) is 22.6. The quantitative estimate of drug-likeness (QED) is 0.301. The third-order valence-corrected chi connectivity index (χ3v) is 7.44. The van der Waals surface area contributed by atoms with Gasteiger partial charge in [0, 0.05) is 31.6 Å². The summed E-state index contributed by atoms with van der Waals surface area (Å²) in [5.74, 6) is -1.07. The fraction of sp³-hybridized carbons (Fsp3) is 0.355. The summed E-state index contributed by atoms with van der Waals surface area (Å²) in [5.41, 5.74) is 0.0977. The number of piperazine rings is 1. The standard InChI is InChI=1S/C31H30F6N2O2/c1-20-8-9-23(14-21(20)2)15-27-19-38(28(40)11-10-22-6-4-3-5-7-22)12-13-39(27)29(41)24-16-25(30(32,33)34)18-26(17-24)31(35,36)37/h3-9,14,16-18,27H,10-13,15,19H2,1-2H3/t27-/m1/s1. The Bertz CT molecular complexity index is 1370. The van der Waals surface area contributed by atoms with Crippen LogP contribution in [0.15, 0.2) is 66.7 Å². The molecule has 1 aliphatic heterocycles. The highest BCUT2D eigenvalue weighted by atomic mass is 19.4. The fourth-order valence-corrected chi connectivity index (χ4v) is 5.02. The van der Waals surface area contributed by atoms with Gasteiger partial charge in [-0.2, -0.15) is 26.3 Å². The van der Waals surface area contributed by atoms with Crippen LogP contribution in [0.1, 0.15) is 50.2 Å². The van der Waals surface area contributed by atoms with Crippen LogP contribution < -0.4 is 0 Å². The molecule has 2 amide bonds. The first kappa shape index (κ1) is 30.1. The first-order chi connectivity index (χ1) is 19.2. The van der Waals surface area contributed by atoms with Crippen LogP contribution in [-0.2, 0) is 30.0 Å². The summed E-state index contributed by atoms with van der Waals surface area (Å²) in [4.78, 5) is 29.6. The topological polar surface area (TPSA) is 40.6 Å². The SMILES string of the molecule is Cc1ccc(C[C@@H]2CN(C(=O)CCc3ccccc3)CCN2C(=O)c2cc(C(F)(F)F)cc(C(F)(F)F)c2)cc1C. The van der Waals surface area contributed by atoms with Crippen molar-refractivity contribution in [2.24, 2.45) is 0 Å². The van der Waals surface area contributed by atoms with Gasteiger partial charge in [0.05, 0.1) is 17.2 Å². The van der Waals surface area contributed by atoms with E-state index in [9.17, 15) is 35.9 Å². The predicted molar refractivity (Wildman–Crippen MR) is 142 cm³/mol. The molecule has 3 aromatic carbocycles. The average molecular weight is 577 g/mol. The molecule has 3 aromatic rings. The molecule has 0 N–H and O–H groups in total. The van der Waals surface area contributed by atoms with Gasteiger partial charge in [-0.25, -0.2) is 0 Å². The number of rotatable bonds is 6. The number of hydrogen-bond donors (Lipinski definition) is 0. The monoisotopic (exact) mass is 576 g/mol. The lowest BCUT2D eigenvalue weighted by molar-refractivity contribution is -0.143. The van der Waals surface area contributed by atoms with Gasteiger partial charge in [-0.1, -0.05) is 48.5 Å². The van der Waals surface area contributed by atoms with Crippen LogP contribution in [0.25, 0.3) is 0 Å². The van der Waals surface area contributed by atoms with Crippen molar-refractivity contribution in [3.63, 3.8) is 0 Å². The molecule has 0 saturated carbocycles. The zero-order chi connectivity index (χ0) is 29.9. The van der Waals surface area contributed by atoms with Crippen molar-refractivity contribution in [2.75, 3.05) is 19.6 Å². The molecule has 0 unspecified atom stereocenters. The number of alkyl halides is 6. The van der Waals surface area contributed by atoms with E-state index in [1.165, 1.54) is 4.90 Å². The van der Waals surface area contributed by atoms with Gasteiger partial charge in [-0.3, -0.25) is 9.59 Å². The van der Waals surface area contributed by atoms with Crippen LogP contribution in [0.3, 0.4) is 0 Å². The van der Waals surface area contributed by atoms with Crippen LogP contribution in [0.2, 0.25) is 0 Å². The van der Waals surface area contributed by atoms with E-state index in [0.29, 0.717) is 18.6 Å². The van der Waals surface area contributed by atoms with Crippen molar-refractivity contribution in [3.8, 4) is 0 Å². The Morgan fingerprint density at radius 1 is 0.780 bits per heavy atom. The first-order valence-corrected chi connectivity index (χ1v) is 13.2. The maximum absolute atomic E-state index is 13.6. The highest BCUT2D eigenvalue weighted by Crippen LogP contribution is 2.37. The second kappa shape index (κ2) is 12.0. The number of benzene rings is 3. The van der Waals surface area contributed by atoms with Gasteiger partial charge in [0.2, 0.25) is 5.91 Å². The summed E-state index contributed by atoms with van der Waals surface area (Å²) in [7, 11) is 0. The molecule has 0 spiro atoms. The van der Waals surface area contributed by atoms with Crippen molar-refractivity contribution in [2.45, 2.75) is 51.5 Å². The maximum atomic E-state index is 13.6. The second-order valence-corrected chi connectivity index (χ2v) is 10.4. The smallest absolute Gasteiger partial charge is 0.339 e. The second-order valence-electron chi connectivity index (χ2n) is 10.4. The summed E-state index contributed by atoms with van der Waals surface area (Å²) < 4.78 is 80.9. The molecule has 0 radical (unpaired) electrons. The van der Waals surface area contributed by atoms with Gasteiger partial charge in [-0.05, 0) is 67.1 Å². The Hall–Kier alpha value is -3.82. The lowest BCUT2D eigenvalue weighted by atomic mass is 9.97. The third kappa shape index (κ3) is 7.48. The molecule has 218 valence electrons. The molecular formula is C31H30F6N2O2. The van der Waals surface area contributed by atoms with Crippen molar-refractivity contribution >= 4 is 11.8 Å². The highest BCUT2D eigenvalue weighted by Gasteiger charge is 2.39. The number of aryl methyl sites for hydroxylation is 3. The highest BCUT2D eigenvalue weighted by molar-refractivity contribution is 5.95. The molecule has 4 nitrogen and oxygen atoms in total. The van der Waals surface area contributed by atoms with Crippen LogP contribution in [0, 0.1) is 13.8 Å². The first-order valence-electron chi connectivity index (χ1n) is 13.2. The van der Waals surface area contributed by atoms with E-state index < -0.39 is 41.0 Å². The molecule has 1 saturated heterocycles. The largest absolute Gasteiger partial charge is 0.416 e. The van der Waals surface area contributed by atoms with Crippen LogP contribution in [-0.4, -0.2) is 47.3 Å². The van der Waals surface area contributed by atoms with E-state index in [0.717, 1.165) is 22.3 Å². The minimum Gasteiger partial charge on any atom is -0.339 e. The van der Waals surface area contributed by atoms with Crippen LogP contribution >= 0.6 is 0 Å². The number of carbonyl (C=O) groups is 2. The molecule has 4 rings (SSSR count). The summed E-state index contributed by atoms with van der Waals surface area (Å²) in [5, 5.41) is 0. The van der Waals surface area contributed by atoms with Gasteiger partial charge in [0.25, 0.3) is 5.91 Å². The number of amides is 2. The molecule has 1 fully saturated rings. The zero-order valence-electron chi connectivity index (χ0n) is 22.6. The lowest BCUT2D eigenvalue weighted by Gasteiger charge is -2.42. The molecule has 41 heavy (non-hydrogen) atoms. The maximum Gasteiger partial charge on any atom is 0.416 e. The van der Waals surface area contributed by atoms with Crippen LogP contribution in [0.4, 0.5) is 26.3 Å². The number of halogens is 6. The molecule has 1 atom stereocenters. The predicted octanol–water partition coefficient (Wildman–Crippen LogP) is 6.87. The Balaban J connectivity index is 1.62. The lowest BCUT2D eigenvalue weighted by Crippen LogP contribution is -2.57. The molecule has 10 heteroatoms. The van der Waals surface area contributed by atoms with Crippen molar-refractivity contribution in [3.05, 3.63) is 106 Å². The van der Waals surface area contributed by atoms with E-state index in [4.69, 9.17) is 0 Å². The Morgan fingerprint density at radius 2 is 1.41 bits per heavy atom. The Labute approximate surface area is 234 Å². The molecular weight excluding hydrogens is 546 g/mol.